The Bertz CT molecular complexity index is 555. The van der Waals surface area contributed by atoms with Crippen LogP contribution < -0.4 is 10.5 Å². The summed E-state index contributed by atoms with van der Waals surface area (Å²) in [5.74, 6) is 0.901. The highest BCUT2D eigenvalue weighted by atomic mass is 16.5. The van der Waals surface area contributed by atoms with Crippen molar-refractivity contribution in [3.63, 3.8) is 0 Å². The van der Waals surface area contributed by atoms with E-state index in [1.165, 1.54) is 5.56 Å². The van der Waals surface area contributed by atoms with Crippen LogP contribution in [0.3, 0.4) is 0 Å². The van der Waals surface area contributed by atoms with Crippen molar-refractivity contribution in [1.82, 2.24) is 0 Å². The molecule has 1 unspecified atom stereocenters. The van der Waals surface area contributed by atoms with Gasteiger partial charge >= 0.3 is 0 Å². The van der Waals surface area contributed by atoms with Crippen LogP contribution in [0.25, 0.3) is 0 Å². The molecule has 0 radical (unpaired) electrons. The van der Waals surface area contributed by atoms with Crippen molar-refractivity contribution >= 4 is 0 Å². The fourth-order valence-corrected chi connectivity index (χ4v) is 2.37. The first-order valence-corrected chi connectivity index (χ1v) is 7.69. The van der Waals surface area contributed by atoms with Crippen LogP contribution in [0.4, 0.5) is 0 Å². The van der Waals surface area contributed by atoms with Crippen LogP contribution in [0.5, 0.6) is 5.75 Å². The predicted octanol–water partition coefficient (Wildman–Crippen LogP) is 4.26. The highest BCUT2D eigenvalue weighted by molar-refractivity contribution is 5.40. The molecule has 112 valence electrons. The van der Waals surface area contributed by atoms with Crippen molar-refractivity contribution in [2.45, 2.75) is 39.2 Å². The average molecular weight is 283 g/mol. The van der Waals surface area contributed by atoms with Crippen molar-refractivity contribution in [3.05, 3.63) is 65.2 Å². The third-order valence-corrected chi connectivity index (χ3v) is 3.89. The van der Waals surface area contributed by atoms with E-state index in [0.717, 1.165) is 36.3 Å². The van der Waals surface area contributed by atoms with Crippen LogP contribution >= 0.6 is 0 Å². The van der Waals surface area contributed by atoms with Gasteiger partial charge in [-0.3, -0.25) is 0 Å². The zero-order chi connectivity index (χ0) is 15.3. The van der Waals surface area contributed by atoms with Gasteiger partial charge in [-0.25, -0.2) is 0 Å². The number of nitrogens with two attached hydrogens (primary N) is 1. The van der Waals surface area contributed by atoms with Crippen molar-refractivity contribution in [1.29, 1.82) is 0 Å². The molecule has 0 saturated carbocycles. The molecule has 0 aromatic heterocycles. The smallest absolute Gasteiger partial charge is 0.119 e. The van der Waals surface area contributed by atoms with Crippen LogP contribution in [-0.2, 0) is 12.0 Å². The van der Waals surface area contributed by atoms with Crippen LogP contribution in [0.15, 0.2) is 48.5 Å². The summed E-state index contributed by atoms with van der Waals surface area (Å²) in [4.78, 5) is 0. The molecule has 2 rings (SSSR count). The number of hydrogen-bond acceptors (Lipinski definition) is 2. The SMILES string of the molecule is CCCOc1ccc(C(C)(N)c2ccc(CC)cc2)cc1. The highest BCUT2D eigenvalue weighted by Crippen LogP contribution is 2.28. The maximum Gasteiger partial charge on any atom is 0.119 e. The summed E-state index contributed by atoms with van der Waals surface area (Å²) in [6, 6.07) is 16.7. The average Bonchev–Trinajstić information content (AvgIpc) is 2.53. The first-order chi connectivity index (χ1) is 10.1. The van der Waals surface area contributed by atoms with Crippen LogP contribution in [-0.4, -0.2) is 6.61 Å². The molecule has 2 N–H and O–H groups in total. The molecule has 0 amide bonds. The first kappa shape index (κ1) is 15.6. The van der Waals surface area contributed by atoms with Gasteiger partial charge in [-0.15, -0.1) is 0 Å². The molecule has 21 heavy (non-hydrogen) atoms. The summed E-state index contributed by atoms with van der Waals surface area (Å²) in [5.41, 5.74) is 9.62. The zero-order valence-electron chi connectivity index (χ0n) is 13.2. The second-order valence-electron chi connectivity index (χ2n) is 5.63. The Morgan fingerprint density at radius 2 is 1.43 bits per heavy atom. The number of benzene rings is 2. The molecular weight excluding hydrogens is 258 g/mol. The highest BCUT2D eigenvalue weighted by Gasteiger charge is 2.23. The molecule has 0 spiro atoms. The van der Waals surface area contributed by atoms with E-state index in [1.54, 1.807) is 0 Å². The van der Waals surface area contributed by atoms with Crippen molar-refractivity contribution in [3.8, 4) is 5.75 Å². The number of aryl methyl sites for hydroxylation is 1. The molecule has 0 saturated heterocycles. The van der Waals surface area contributed by atoms with E-state index in [0.29, 0.717) is 0 Å². The molecule has 2 nitrogen and oxygen atoms in total. The minimum atomic E-state index is -0.491. The quantitative estimate of drug-likeness (QED) is 0.859. The third-order valence-electron chi connectivity index (χ3n) is 3.89. The molecule has 0 bridgehead atoms. The summed E-state index contributed by atoms with van der Waals surface area (Å²) in [6.07, 6.45) is 2.06. The molecule has 0 aliphatic rings. The number of ether oxygens (including phenoxy) is 1. The monoisotopic (exact) mass is 283 g/mol. The Labute approximate surface area is 127 Å². The van der Waals surface area contributed by atoms with Crippen LogP contribution in [0.1, 0.15) is 43.9 Å². The molecule has 0 aliphatic heterocycles. The van der Waals surface area contributed by atoms with E-state index >= 15 is 0 Å². The normalized spacial score (nSPS) is 13.7. The fraction of sp³-hybridized carbons (Fsp3) is 0.368. The topological polar surface area (TPSA) is 35.2 Å². The Morgan fingerprint density at radius 1 is 0.905 bits per heavy atom. The maximum atomic E-state index is 6.56. The second-order valence-corrected chi connectivity index (χ2v) is 5.63. The molecule has 2 aromatic rings. The number of hydrogen-bond donors (Lipinski definition) is 1. The minimum Gasteiger partial charge on any atom is -0.494 e. The maximum absolute atomic E-state index is 6.56. The van der Waals surface area contributed by atoms with E-state index in [-0.39, 0.29) is 0 Å². The summed E-state index contributed by atoms with van der Waals surface area (Å²) >= 11 is 0. The van der Waals surface area contributed by atoms with Crippen molar-refractivity contribution in [2.75, 3.05) is 6.61 Å². The Balaban J connectivity index is 2.21. The van der Waals surface area contributed by atoms with E-state index in [2.05, 4.69) is 57.2 Å². The van der Waals surface area contributed by atoms with E-state index in [4.69, 9.17) is 10.5 Å². The molecule has 0 heterocycles. The molecule has 0 aliphatic carbocycles. The molecular formula is C19H25NO. The van der Waals surface area contributed by atoms with Gasteiger partial charge in [0.05, 0.1) is 12.1 Å². The third kappa shape index (κ3) is 3.64. The molecule has 2 heteroatoms. The van der Waals surface area contributed by atoms with Gasteiger partial charge in [0.2, 0.25) is 0 Å². The lowest BCUT2D eigenvalue weighted by Crippen LogP contribution is -2.34. The Morgan fingerprint density at radius 3 is 1.90 bits per heavy atom. The standard InChI is InChI=1S/C19H25NO/c1-4-14-21-18-12-10-17(11-13-18)19(3,20)16-8-6-15(5-2)7-9-16/h6-13H,4-5,14,20H2,1-3H3. The zero-order valence-corrected chi connectivity index (χ0v) is 13.2. The van der Waals surface area contributed by atoms with Crippen molar-refractivity contribution in [2.24, 2.45) is 5.73 Å². The van der Waals surface area contributed by atoms with Gasteiger partial charge < -0.3 is 10.5 Å². The van der Waals surface area contributed by atoms with Gasteiger partial charge in [0.15, 0.2) is 0 Å². The first-order valence-electron chi connectivity index (χ1n) is 7.69. The lowest BCUT2D eigenvalue weighted by molar-refractivity contribution is 0.317. The summed E-state index contributed by atoms with van der Waals surface area (Å²) in [5, 5.41) is 0. The molecule has 1 atom stereocenters. The Kier molecular flexibility index (Phi) is 5.03. The van der Waals surface area contributed by atoms with E-state index in [1.807, 2.05) is 12.1 Å². The second kappa shape index (κ2) is 6.77. The lowest BCUT2D eigenvalue weighted by atomic mass is 9.85. The van der Waals surface area contributed by atoms with Gasteiger partial charge in [-0.2, -0.15) is 0 Å². The van der Waals surface area contributed by atoms with E-state index in [9.17, 15) is 0 Å². The molecule has 0 fully saturated rings. The van der Waals surface area contributed by atoms with Gasteiger partial charge in [0.25, 0.3) is 0 Å². The van der Waals surface area contributed by atoms with Gasteiger partial charge in [-0.05, 0) is 48.6 Å². The summed E-state index contributed by atoms with van der Waals surface area (Å²) < 4.78 is 5.62. The van der Waals surface area contributed by atoms with Crippen molar-refractivity contribution < 1.29 is 4.74 Å². The Hall–Kier alpha value is -1.80. The fourth-order valence-electron chi connectivity index (χ4n) is 2.37. The minimum absolute atomic E-state index is 0.491. The lowest BCUT2D eigenvalue weighted by Gasteiger charge is -2.26. The van der Waals surface area contributed by atoms with Gasteiger partial charge in [-0.1, -0.05) is 50.2 Å². The van der Waals surface area contributed by atoms with Gasteiger partial charge in [0.1, 0.15) is 5.75 Å². The summed E-state index contributed by atoms with van der Waals surface area (Å²) in [6.45, 7) is 7.06. The number of rotatable bonds is 6. The molecule has 2 aromatic carbocycles. The summed E-state index contributed by atoms with van der Waals surface area (Å²) in [7, 11) is 0. The van der Waals surface area contributed by atoms with Gasteiger partial charge in [0, 0.05) is 0 Å². The van der Waals surface area contributed by atoms with Crippen LogP contribution in [0.2, 0.25) is 0 Å². The largest absolute Gasteiger partial charge is 0.494 e. The van der Waals surface area contributed by atoms with Crippen LogP contribution in [0, 0.1) is 0 Å². The predicted molar refractivity (Wildman–Crippen MR) is 88.7 cm³/mol. The van der Waals surface area contributed by atoms with E-state index < -0.39 is 5.54 Å².